The van der Waals surface area contributed by atoms with Crippen LogP contribution in [0, 0.1) is 11.3 Å². The molecule has 0 aliphatic heterocycles. The van der Waals surface area contributed by atoms with Gasteiger partial charge in [-0.25, -0.2) is 0 Å². The van der Waals surface area contributed by atoms with Crippen LogP contribution in [0.25, 0.3) is 5.70 Å². The van der Waals surface area contributed by atoms with Gasteiger partial charge in [-0.1, -0.05) is 0 Å². The number of nitrogen functional groups attached to an aromatic ring is 1. The predicted octanol–water partition coefficient (Wildman–Crippen LogP) is 0.411. The second-order valence-corrected chi connectivity index (χ2v) is 5.63. The molecule has 0 aliphatic rings. The standard InChI is InChI=1S/C10H10N4O2.Al.HI/c11-4-5-1-2-6(7(12)3-5)8(13)9(15)10(14)16;;/h1-3H,(H7,12,13,14,15,16);;1H/q;+2;/p-2. The highest BCUT2D eigenvalue weighted by molar-refractivity contribution is 14.1. The lowest BCUT2D eigenvalue weighted by atomic mass is 10.1. The van der Waals surface area contributed by atoms with Crippen LogP contribution in [-0.2, 0) is 4.79 Å². The molecule has 0 saturated carbocycles. The SMILES string of the molecule is N#Cc1ccc(/C([NH][Al][I])=C(\O)C(N)=O)c(N)c1. The van der Waals surface area contributed by atoms with Crippen molar-refractivity contribution in [3.05, 3.63) is 35.1 Å². The Balaban J connectivity index is 3.36. The van der Waals surface area contributed by atoms with E-state index in [-0.39, 0.29) is 23.5 Å². The van der Waals surface area contributed by atoms with Crippen molar-refractivity contribution in [2.24, 2.45) is 5.73 Å². The van der Waals surface area contributed by atoms with Crippen molar-refractivity contribution in [3.8, 4) is 6.07 Å². The van der Waals surface area contributed by atoms with E-state index in [4.69, 9.17) is 16.7 Å². The van der Waals surface area contributed by atoms with Crippen molar-refractivity contribution >= 4 is 49.7 Å². The lowest BCUT2D eigenvalue weighted by Gasteiger charge is -2.13. The minimum absolute atomic E-state index is 0.189. The molecule has 1 amide bonds. The van der Waals surface area contributed by atoms with Crippen LogP contribution >= 0.6 is 20.3 Å². The fourth-order valence-corrected chi connectivity index (χ4v) is 2.65. The topological polar surface area (TPSA) is 125 Å². The first-order valence-corrected chi connectivity index (χ1v) is 9.47. The molecule has 1 aromatic carbocycles. The van der Waals surface area contributed by atoms with Gasteiger partial charge in [0.1, 0.15) is 0 Å². The van der Waals surface area contributed by atoms with Gasteiger partial charge < -0.3 is 20.9 Å². The highest BCUT2D eigenvalue weighted by Gasteiger charge is 2.15. The van der Waals surface area contributed by atoms with Crippen LogP contribution in [0.1, 0.15) is 11.1 Å². The fraction of sp³-hybridized carbons (Fsp3) is 0. The minimum atomic E-state index is -0.939. The molecule has 0 heterocycles. The molecule has 6 N–H and O–H groups in total. The van der Waals surface area contributed by atoms with Crippen LogP contribution in [0.5, 0.6) is 0 Å². The van der Waals surface area contributed by atoms with Gasteiger partial charge in [-0.2, -0.15) is 25.5 Å². The number of halogens is 1. The average molecular weight is 371 g/mol. The molecule has 1 rings (SSSR count). The van der Waals surface area contributed by atoms with E-state index < -0.39 is 11.7 Å². The van der Waals surface area contributed by atoms with E-state index in [0.29, 0.717) is 11.1 Å². The van der Waals surface area contributed by atoms with Crippen LogP contribution in [0.3, 0.4) is 0 Å². The van der Waals surface area contributed by atoms with E-state index in [1.165, 1.54) is 6.07 Å². The maximum absolute atomic E-state index is 11.0. The molecule has 0 bridgehead atoms. The Morgan fingerprint density at radius 2 is 2.22 bits per heavy atom. The summed E-state index contributed by atoms with van der Waals surface area (Å²) >= 11 is 1.85. The number of rotatable bonds is 4. The van der Waals surface area contributed by atoms with Gasteiger partial charge in [0.2, 0.25) is 5.76 Å². The van der Waals surface area contributed by atoms with E-state index >= 15 is 0 Å². The van der Waals surface area contributed by atoms with Gasteiger partial charge in [0.25, 0.3) is 5.91 Å². The van der Waals surface area contributed by atoms with Gasteiger partial charge in [-0.05, 0) is 18.2 Å². The molecule has 18 heavy (non-hydrogen) atoms. The molecule has 0 saturated heterocycles. The largest absolute Gasteiger partial charge is 0.502 e. The second kappa shape index (κ2) is 6.50. The Morgan fingerprint density at radius 1 is 1.56 bits per heavy atom. The zero-order valence-corrected chi connectivity index (χ0v) is 12.5. The van der Waals surface area contributed by atoms with E-state index in [0.717, 1.165) is 0 Å². The Bertz CT molecular complexity index is 553. The third-order valence-corrected chi connectivity index (χ3v) is 3.45. The number of benzene rings is 1. The number of carbonyl (C=O) groups excluding carboxylic acids is 1. The van der Waals surface area contributed by atoms with Crippen LogP contribution in [0.4, 0.5) is 5.69 Å². The third kappa shape index (κ3) is 3.29. The van der Waals surface area contributed by atoms with Crippen molar-refractivity contribution in [3.63, 3.8) is 0 Å². The summed E-state index contributed by atoms with van der Waals surface area (Å²) in [6.45, 7) is 0. The Hall–Kier alpha value is -1.42. The average Bonchev–Trinajstić information content (AvgIpc) is 2.35. The van der Waals surface area contributed by atoms with Crippen LogP contribution < -0.4 is 15.8 Å². The second-order valence-electron chi connectivity index (χ2n) is 3.26. The number of aliphatic hydroxyl groups excluding tert-OH is 1. The zero-order chi connectivity index (χ0) is 13.7. The van der Waals surface area contributed by atoms with Crippen molar-refractivity contribution in [1.82, 2.24) is 4.30 Å². The summed E-state index contributed by atoms with van der Waals surface area (Å²) in [6.07, 6.45) is 0. The summed E-state index contributed by atoms with van der Waals surface area (Å²) < 4.78 is 2.89. The molecule has 8 heteroatoms. The van der Waals surface area contributed by atoms with E-state index in [9.17, 15) is 9.90 Å². The minimum Gasteiger partial charge on any atom is -0.502 e. The predicted molar refractivity (Wildman–Crippen MR) is 77.2 cm³/mol. The number of anilines is 1. The van der Waals surface area contributed by atoms with E-state index in [1.807, 2.05) is 6.07 Å². The Morgan fingerprint density at radius 3 is 2.67 bits per heavy atom. The first-order chi connectivity index (χ1) is 8.51. The number of primary amides is 1. The first-order valence-electron chi connectivity index (χ1n) is 4.72. The summed E-state index contributed by atoms with van der Waals surface area (Å²) in [4.78, 5) is 11.0. The molecule has 0 aromatic heterocycles. The van der Waals surface area contributed by atoms with E-state index in [2.05, 4.69) is 24.6 Å². The quantitative estimate of drug-likeness (QED) is 0.201. The van der Waals surface area contributed by atoms with Gasteiger partial charge in [0.05, 0.1) is 17.3 Å². The number of hydrogen-bond donors (Lipinski definition) is 4. The van der Waals surface area contributed by atoms with Crippen molar-refractivity contribution in [2.75, 3.05) is 5.73 Å². The van der Waals surface area contributed by atoms with Gasteiger partial charge in [-0.3, -0.25) is 4.79 Å². The van der Waals surface area contributed by atoms with Gasteiger partial charge in [0.15, 0.2) is 0 Å². The highest BCUT2D eigenvalue weighted by atomic mass is 127. The number of nitriles is 1. The summed E-state index contributed by atoms with van der Waals surface area (Å²) in [5.74, 6) is -1.51. The summed E-state index contributed by atoms with van der Waals surface area (Å²) in [5.41, 5.74) is 12.1. The Labute approximate surface area is 121 Å². The zero-order valence-electron chi connectivity index (χ0n) is 9.14. The lowest BCUT2D eigenvalue weighted by Crippen LogP contribution is -2.22. The number of nitrogens with two attached hydrogens (primary N) is 2. The summed E-state index contributed by atoms with van der Waals surface area (Å²) in [7, 11) is 0. The van der Waals surface area contributed by atoms with Gasteiger partial charge in [0, 0.05) is 11.3 Å². The van der Waals surface area contributed by atoms with E-state index in [1.54, 1.807) is 12.1 Å². The summed E-state index contributed by atoms with van der Waals surface area (Å²) in [6, 6.07) is 6.52. The molecule has 0 atom stereocenters. The number of hydrogen-bond acceptors (Lipinski definition) is 5. The number of aliphatic hydroxyl groups is 1. The van der Waals surface area contributed by atoms with Crippen molar-refractivity contribution in [1.29, 1.82) is 5.26 Å². The smallest absolute Gasteiger partial charge is 0.470 e. The maximum atomic E-state index is 11.0. The molecule has 6 nitrogen and oxygen atoms in total. The fourth-order valence-electron chi connectivity index (χ4n) is 1.31. The molecule has 0 spiro atoms. The van der Waals surface area contributed by atoms with Crippen LogP contribution in [0.2, 0.25) is 0 Å². The number of amides is 1. The monoisotopic (exact) mass is 371 g/mol. The van der Waals surface area contributed by atoms with Gasteiger partial charge in [-0.15, -0.1) is 0 Å². The third-order valence-electron chi connectivity index (χ3n) is 2.12. The molecule has 0 fully saturated rings. The van der Waals surface area contributed by atoms with Crippen LogP contribution in [0.15, 0.2) is 24.0 Å². The molecule has 1 aromatic rings. The lowest BCUT2D eigenvalue weighted by molar-refractivity contribution is -0.116. The van der Waals surface area contributed by atoms with Gasteiger partial charge >= 0.3 is 12.2 Å². The normalized spacial score (nSPS) is 11.1. The maximum Gasteiger partial charge on any atom is 0.470 e. The molecular formula is C10H9AlIN4O2. The van der Waals surface area contributed by atoms with Crippen molar-refractivity contribution < 1.29 is 9.90 Å². The number of nitrogens with one attached hydrogen (secondary N) is 1. The van der Waals surface area contributed by atoms with Crippen molar-refractivity contribution in [2.45, 2.75) is 0 Å². The molecule has 0 aliphatic carbocycles. The van der Waals surface area contributed by atoms with Crippen LogP contribution in [-0.4, -0.2) is 23.2 Å². The Kier molecular flexibility index (Phi) is 5.29. The molecule has 91 valence electrons. The number of nitrogens with zero attached hydrogens (tertiary/aromatic N) is 1. The molecular weight excluding hydrogens is 362 g/mol. The summed E-state index contributed by atoms with van der Waals surface area (Å²) in [5, 5.41) is 18.4. The highest BCUT2D eigenvalue weighted by Crippen LogP contribution is 2.22. The molecule has 1 radical (unpaired) electrons. The molecule has 0 unspecified atom stereocenters. The number of carbonyl (C=O) groups is 1. The first kappa shape index (κ1) is 14.6.